The topological polar surface area (TPSA) is 289 Å². The predicted molar refractivity (Wildman–Crippen MR) is 273 cm³/mol. The molecule has 2 saturated carbocycles. The first-order chi connectivity index (χ1) is 37.2. The van der Waals surface area contributed by atoms with E-state index in [1.807, 2.05) is 4.72 Å². The molecular formula is C50H63ClF6N6O17S. The van der Waals surface area contributed by atoms with Crippen LogP contribution < -0.4 is 29.6 Å². The molecule has 23 nitrogen and oxygen atoms in total. The largest absolute Gasteiger partial charge is 0.514 e. The van der Waals surface area contributed by atoms with Gasteiger partial charge in [0, 0.05) is 44.2 Å². The number of alkyl carbamates (subject to hydrolysis) is 1. The van der Waals surface area contributed by atoms with E-state index >= 15 is 0 Å². The van der Waals surface area contributed by atoms with E-state index in [1.165, 1.54) is 20.3 Å². The molecule has 2 aliphatic carbocycles. The lowest BCUT2D eigenvalue weighted by molar-refractivity contribution is -0.384. The number of aromatic nitrogens is 1. The molecule has 5 atom stereocenters. The second-order valence-corrected chi connectivity index (χ2v) is 23.2. The maximum Gasteiger partial charge on any atom is 0.514 e. The van der Waals surface area contributed by atoms with Gasteiger partial charge in [0.05, 0.1) is 27.6 Å². The van der Waals surface area contributed by atoms with Crippen molar-refractivity contribution in [2.24, 2.45) is 11.3 Å². The number of halogens is 7. The summed E-state index contributed by atoms with van der Waals surface area (Å²) in [6.07, 6.45) is -13.3. The first-order valence-electron chi connectivity index (χ1n) is 24.8. The summed E-state index contributed by atoms with van der Waals surface area (Å²) in [4.78, 5) is 82.3. The lowest BCUT2D eigenvalue weighted by Gasteiger charge is -2.36. The first kappa shape index (κ1) is 65.3. The summed E-state index contributed by atoms with van der Waals surface area (Å²) in [7, 11) is -1.72. The molecule has 0 unspecified atom stereocenters. The summed E-state index contributed by atoms with van der Waals surface area (Å²) in [6.45, 7) is 10.3. The Balaban J connectivity index is 0.000000507. The molecule has 3 N–H and O–H groups in total. The molecule has 6 rings (SSSR count). The Hall–Kier alpha value is -6.50. The Morgan fingerprint density at radius 2 is 1.51 bits per heavy atom. The van der Waals surface area contributed by atoms with Gasteiger partial charge in [0.15, 0.2) is 6.29 Å². The minimum atomic E-state index is -4.95. The van der Waals surface area contributed by atoms with Gasteiger partial charge in [0.1, 0.15) is 41.8 Å². The van der Waals surface area contributed by atoms with Gasteiger partial charge in [0.2, 0.25) is 28.9 Å². The molecule has 0 radical (unpaired) electrons. The average Bonchev–Trinajstić information content (AvgIpc) is 4.21. The molecule has 1 saturated heterocycles. The predicted octanol–water partition coefficient (Wildman–Crippen LogP) is 8.38. The number of nitrogens with zero attached hydrogens (tertiary/aromatic N) is 3. The van der Waals surface area contributed by atoms with E-state index in [2.05, 4.69) is 25.1 Å². The van der Waals surface area contributed by atoms with Gasteiger partial charge in [-0.15, -0.1) is 0 Å². The molecule has 3 fully saturated rings. The van der Waals surface area contributed by atoms with Gasteiger partial charge in [-0.25, -0.2) is 23.5 Å². The molecule has 450 valence electrons. The zero-order chi connectivity index (χ0) is 61.1. The van der Waals surface area contributed by atoms with Gasteiger partial charge in [-0.2, -0.15) is 34.8 Å². The number of ether oxygens (including phenoxy) is 7. The lowest BCUT2D eigenvalue weighted by Crippen LogP contribution is -2.60. The second kappa shape index (κ2) is 24.5. The molecule has 81 heavy (non-hydrogen) atoms. The van der Waals surface area contributed by atoms with Crippen molar-refractivity contribution in [3.05, 3.63) is 63.7 Å². The fraction of sp³-hybridized carbons (Fsp3) is 0.600. The standard InChI is InChI=1S/C39H53ClF3N5O12S.C11H10F3NO5/c1-10-21-18-38(21,33(51)47-61(53,54)60-37(7)14-15-37)46-31(49)25-16-22(19-48(25)32(50)30(35(2,3)4)45-34(52)59-36(5,6)39(41,42)43)58-26-17-27(57-20-28(55-8)56-9)44-29-23(26)12-11-13-24(29)40;1-10(2,11(12,13)14)20-9(16)19-8-5-3-7(4-6-8)15(17)18/h11-13,17,21-22,25,28,30H,10,14-16,18-20H2,1-9H3,(H,45,52)(H,46,49)(H,47,51);3-6H,1-2H3/t21-,22-,25+,30-,38-;/m1./s1. The van der Waals surface area contributed by atoms with Gasteiger partial charge in [-0.3, -0.25) is 24.5 Å². The molecule has 2 aromatic carbocycles. The number of hydrogen-bond donors (Lipinski definition) is 3. The number of alkyl halides is 6. The molecule has 0 bridgehead atoms. The number of para-hydroxylation sites is 1. The number of methoxy groups -OCH3 is 2. The van der Waals surface area contributed by atoms with Crippen molar-refractivity contribution >= 4 is 68.5 Å². The van der Waals surface area contributed by atoms with E-state index in [4.69, 9.17) is 39.5 Å². The maximum absolute atomic E-state index is 14.6. The van der Waals surface area contributed by atoms with Crippen LogP contribution in [0.25, 0.3) is 10.9 Å². The molecule has 4 amide bonds. The molecule has 2 heterocycles. The number of carbonyl (C=O) groups is 5. The number of nitrogens with one attached hydrogen (secondary N) is 3. The Kier molecular flexibility index (Phi) is 19.8. The number of nitro groups is 1. The van der Waals surface area contributed by atoms with Crippen LogP contribution in [0, 0.1) is 21.4 Å². The quantitative estimate of drug-likeness (QED) is 0.0239. The van der Waals surface area contributed by atoms with Crippen molar-refractivity contribution < 1.29 is 101 Å². The molecular weight excluding hydrogens is 1140 g/mol. The third-order valence-corrected chi connectivity index (χ3v) is 14.6. The fourth-order valence-electron chi connectivity index (χ4n) is 7.91. The van der Waals surface area contributed by atoms with Crippen LogP contribution in [0.1, 0.15) is 94.4 Å². The van der Waals surface area contributed by atoms with E-state index < -0.39 is 116 Å². The molecule has 0 spiro atoms. The van der Waals surface area contributed by atoms with E-state index in [1.54, 1.807) is 52.8 Å². The number of non-ortho nitro benzene ring substituents is 1. The number of fused-ring (bicyclic) bond motifs is 1. The van der Waals surface area contributed by atoms with Crippen LogP contribution in [0.15, 0.2) is 48.5 Å². The zero-order valence-electron chi connectivity index (χ0n) is 45.8. The average molecular weight is 1200 g/mol. The molecule has 1 aliphatic heterocycles. The lowest BCUT2D eigenvalue weighted by atomic mass is 9.85. The third kappa shape index (κ3) is 16.6. The summed E-state index contributed by atoms with van der Waals surface area (Å²) in [6, 6.07) is 7.66. The third-order valence-electron chi connectivity index (χ3n) is 13.3. The Labute approximate surface area is 466 Å². The smallest absolute Gasteiger partial charge is 0.488 e. The number of benzene rings is 2. The number of amides is 4. The Morgan fingerprint density at radius 1 is 0.914 bits per heavy atom. The second-order valence-electron chi connectivity index (χ2n) is 21.5. The highest BCUT2D eigenvalue weighted by Crippen LogP contribution is 2.47. The normalized spacial score (nSPS) is 20.2. The highest BCUT2D eigenvalue weighted by molar-refractivity contribution is 7.85. The summed E-state index contributed by atoms with van der Waals surface area (Å²) in [5.74, 6) is -3.17. The first-order valence-corrected chi connectivity index (χ1v) is 26.6. The van der Waals surface area contributed by atoms with Gasteiger partial charge in [-0.1, -0.05) is 51.8 Å². The summed E-state index contributed by atoms with van der Waals surface area (Å²) < 4.78 is 147. The van der Waals surface area contributed by atoms with Crippen molar-refractivity contribution in [1.82, 2.24) is 25.2 Å². The summed E-state index contributed by atoms with van der Waals surface area (Å²) >= 11 is 6.53. The van der Waals surface area contributed by atoms with Gasteiger partial charge >= 0.3 is 34.9 Å². The van der Waals surface area contributed by atoms with Crippen LogP contribution in [0.2, 0.25) is 5.02 Å². The van der Waals surface area contributed by atoms with Crippen LogP contribution in [0.5, 0.6) is 17.4 Å². The minimum Gasteiger partial charge on any atom is -0.488 e. The zero-order valence-corrected chi connectivity index (χ0v) is 47.4. The van der Waals surface area contributed by atoms with Crippen molar-refractivity contribution in [2.45, 2.75) is 154 Å². The molecule has 3 aliphatic rings. The maximum atomic E-state index is 14.6. The number of hydrogen-bond acceptors (Lipinski definition) is 18. The van der Waals surface area contributed by atoms with Crippen molar-refractivity contribution in [1.29, 1.82) is 0 Å². The van der Waals surface area contributed by atoms with Crippen LogP contribution in [0.3, 0.4) is 0 Å². The monoisotopic (exact) mass is 1200 g/mol. The van der Waals surface area contributed by atoms with Crippen molar-refractivity contribution in [2.75, 3.05) is 27.4 Å². The Bertz CT molecular complexity index is 2940. The van der Waals surface area contributed by atoms with E-state index in [9.17, 15) is 68.8 Å². The van der Waals surface area contributed by atoms with Gasteiger partial charge < -0.3 is 48.7 Å². The van der Waals surface area contributed by atoms with E-state index in [-0.39, 0.29) is 54.1 Å². The molecule has 1 aromatic heterocycles. The minimum absolute atomic E-state index is 0.0640. The van der Waals surface area contributed by atoms with Crippen LogP contribution in [-0.2, 0) is 47.8 Å². The number of carbonyl (C=O) groups excluding carboxylic acids is 5. The van der Waals surface area contributed by atoms with Crippen LogP contribution >= 0.6 is 11.6 Å². The number of rotatable bonds is 20. The van der Waals surface area contributed by atoms with Crippen molar-refractivity contribution in [3.63, 3.8) is 0 Å². The summed E-state index contributed by atoms with van der Waals surface area (Å²) in [5, 5.41) is 16.0. The van der Waals surface area contributed by atoms with E-state index in [0.29, 0.717) is 57.9 Å². The summed E-state index contributed by atoms with van der Waals surface area (Å²) in [5.41, 5.74) is -9.39. The van der Waals surface area contributed by atoms with Crippen molar-refractivity contribution in [3.8, 4) is 17.4 Å². The number of pyridine rings is 1. The highest BCUT2D eigenvalue weighted by atomic mass is 35.5. The van der Waals surface area contributed by atoms with Gasteiger partial charge in [0.25, 0.3) is 11.6 Å². The van der Waals surface area contributed by atoms with Crippen LogP contribution in [-0.4, -0.2) is 140 Å². The highest BCUT2D eigenvalue weighted by Gasteiger charge is 2.62. The SMILES string of the molecule is CC(C)(OC(=O)Oc1ccc([N+](=O)[O-])cc1)C(F)(F)F.CC[C@@H]1C[C@]1(NC(=O)[C@@H]1C[C@@H](Oc2cc(OCC(OC)OC)nc3c(Cl)cccc23)CN1C(=O)[C@@H](NC(=O)OC(C)(C)C(F)(F)F)C(C)(C)C)C(=O)NS(=O)(=O)OC1(C)CC1. The number of nitro benzene ring substituents is 1. The molecule has 3 aromatic rings. The number of likely N-dealkylation sites (tertiary alicyclic amines) is 1. The van der Waals surface area contributed by atoms with E-state index in [0.717, 1.165) is 29.2 Å². The van der Waals surface area contributed by atoms with Crippen LogP contribution in [0.4, 0.5) is 41.6 Å². The fourth-order valence-corrected chi connectivity index (χ4v) is 9.27. The molecule has 31 heteroatoms. The van der Waals surface area contributed by atoms with Gasteiger partial charge in [-0.05, 0) is 89.5 Å². The Morgan fingerprint density at radius 3 is 2.02 bits per heavy atom.